The van der Waals surface area contributed by atoms with Crippen LogP contribution in [-0.2, 0) is 0 Å². The third-order valence-electron chi connectivity index (χ3n) is 2.48. The SMILES string of the molecule is C=C1/C=C(C)\C=C/Sc2c(C)cccc21. The van der Waals surface area contributed by atoms with E-state index in [2.05, 4.69) is 56.2 Å². The molecule has 1 aliphatic rings. The first kappa shape index (κ1) is 10.3. The zero-order valence-corrected chi connectivity index (χ0v) is 9.90. The number of rotatable bonds is 0. The van der Waals surface area contributed by atoms with E-state index in [4.69, 9.17) is 0 Å². The van der Waals surface area contributed by atoms with Gasteiger partial charge in [-0.2, -0.15) is 0 Å². The highest BCUT2D eigenvalue weighted by atomic mass is 32.2. The van der Waals surface area contributed by atoms with Gasteiger partial charge < -0.3 is 0 Å². The second-order valence-corrected chi connectivity index (χ2v) is 4.70. The average molecular weight is 214 g/mol. The van der Waals surface area contributed by atoms with Gasteiger partial charge in [0, 0.05) is 4.90 Å². The fourth-order valence-electron chi connectivity index (χ4n) is 1.67. The van der Waals surface area contributed by atoms with Crippen molar-refractivity contribution >= 4 is 17.3 Å². The van der Waals surface area contributed by atoms with Crippen LogP contribution in [0.1, 0.15) is 18.1 Å². The van der Waals surface area contributed by atoms with Crippen LogP contribution in [0.2, 0.25) is 0 Å². The maximum atomic E-state index is 4.13. The summed E-state index contributed by atoms with van der Waals surface area (Å²) in [6, 6.07) is 6.38. The highest BCUT2D eigenvalue weighted by Crippen LogP contribution is 2.34. The normalized spacial score (nSPS) is 20.9. The fraction of sp³-hybridized carbons (Fsp3) is 0.143. The molecular formula is C14H14S. The van der Waals surface area contributed by atoms with Gasteiger partial charge in [-0.1, -0.05) is 54.3 Å². The molecule has 0 aromatic heterocycles. The first-order valence-corrected chi connectivity index (χ1v) is 5.87. The lowest BCUT2D eigenvalue weighted by atomic mass is 10.0. The molecule has 0 unspecified atom stereocenters. The minimum Gasteiger partial charge on any atom is -0.0971 e. The molecule has 0 nitrogen and oxygen atoms in total. The molecule has 1 aromatic carbocycles. The van der Waals surface area contributed by atoms with Gasteiger partial charge in [0.1, 0.15) is 0 Å². The number of aryl methyl sites for hydroxylation is 1. The molecule has 15 heavy (non-hydrogen) atoms. The topological polar surface area (TPSA) is 0 Å². The molecule has 0 saturated heterocycles. The Balaban J connectivity index is 2.60. The van der Waals surface area contributed by atoms with Crippen LogP contribution in [0, 0.1) is 6.92 Å². The van der Waals surface area contributed by atoms with Gasteiger partial charge in [0.2, 0.25) is 0 Å². The zero-order valence-electron chi connectivity index (χ0n) is 9.08. The molecule has 1 aliphatic heterocycles. The molecule has 0 radical (unpaired) electrons. The average Bonchev–Trinajstić information content (AvgIpc) is 2.18. The van der Waals surface area contributed by atoms with Gasteiger partial charge in [-0.15, -0.1) is 0 Å². The van der Waals surface area contributed by atoms with Crippen molar-refractivity contribution in [2.24, 2.45) is 0 Å². The molecule has 1 heterocycles. The van der Waals surface area contributed by atoms with Crippen molar-refractivity contribution < 1.29 is 0 Å². The first-order valence-electron chi connectivity index (χ1n) is 4.99. The summed E-state index contributed by atoms with van der Waals surface area (Å²) in [5, 5.41) is 2.14. The summed E-state index contributed by atoms with van der Waals surface area (Å²) in [7, 11) is 0. The number of hydrogen-bond acceptors (Lipinski definition) is 1. The summed E-state index contributed by atoms with van der Waals surface area (Å²) in [6.45, 7) is 8.37. The van der Waals surface area contributed by atoms with Gasteiger partial charge in [0.05, 0.1) is 0 Å². The van der Waals surface area contributed by atoms with Crippen molar-refractivity contribution in [2.45, 2.75) is 18.7 Å². The summed E-state index contributed by atoms with van der Waals surface area (Å²) in [4.78, 5) is 1.32. The lowest BCUT2D eigenvalue weighted by Crippen LogP contribution is -1.89. The largest absolute Gasteiger partial charge is 0.0971 e. The van der Waals surface area contributed by atoms with Gasteiger partial charge in [-0.3, -0.25) is 0 Å². The van der Waals surface area contributed by atoms with Gasteiger partial charge in [0.15, 0.2) is 0 Å². The first-order chi connectivity index (χ1) is 7.18. The molecule has 0 bridgehead atoms. The van der Waals surface area contributed by atoms with E-state index in [0.29, 0.717) is 0 Å². The molecule has 0 amide bonds. The summed E-state index contributed by atoms with van der Waals surface area (Å²) < 4.78 is 0. The zero-order chi connectivity index (χ0) is 10.8. The number of hydrogen-bond donors (Lipinski definition) is 0. The van der Waals surface area contributed by atoms with Crippen molar-refractivity contribution in [3.63, 3.8) is 0 Å². The van der Waals surface area contributed by atoms with Crippen LogP contribution in [0.5, 0.6) is 0 Å². The summed E-state index contributed by atoms with van der Waals surface area (Å²) in [6.07, 6.45) is 4.26. The monoisotopic (exact) mass is 214 g/mol. The van der Waals surface area contributed by atoms with Gasteiger partial charge in [-0.05, 0) is 36.0 Å². The van der Waals surface area contributed by atoms with Crippen LogP contribution in [0.3, 0.4) is 0 Å². The van der Waals surface area contributed by atoms with E-state index in [1.54, 1.807) is 11.8 Å². The Labute approximate surface area is 95.4 Å². The predicted molar refractivity (Wildman–Crippen MR) is 69.0 cm³/mol. The van der Waals surface area contributed by atoms with Gasteiger partial charge in [-0.25, -0.2) is 0 Å². The van der Waals surface area contributed by atoms with E-state index in [1.165, 1.54) is 21.6 Å². The molecule has 0 aliphatic carbocycles. The van der Waals surface area contributed by atoms with E-state index in [1.807, 2.05) is 0 Å². The van der Waals surface area contributed by atoms with Crippen molar-refractivity contribution in [2.75, 3.05) is 0 Å². The second-order valence-electron chi connectivity index (χ2n) is 3.79. The summed E-state index contributed by atoms with van der Waals surface area (Å²) in [5.74, 6) is 0. The second kappa shape index (κ2) is 4.11. The predicted octanol–water partition coefficient (Wildman–Crippen LogP) is 4.57. The van der Waals surface area contributed by atoms with Crippen LogP contribution in [0.25, 0.3) is 5.57 Å². The van der Waals surface area contributed by atoms with E-state index in [-0.39, 0.29) is 0 Å². The molecule has 76 valence electrons. The van der Waals surface area contributed by atoms with E-state index >= 15 is 0 Å². The van der Waals surface area contributed by atoms with Crippen LogP contribution < -0.4 is 0 Å². The third-order valence-corrected chi connectivity index (χ3v) is 3.53. The van der Waals surface area contributed by atoms with E-state index in [9.17, 15) is 0 Å². The highest BCUT2D eigenvalue weighted by Gasteiger charge is 2.08. The molecule has 1 aromatic rings. The minimum atomic E-state index is 1.10. The number of thioether (sulfide) groups is 1. The third kappa shape index (κ3) is 2.07. The summed E-state index contributed by atoms with van der Waals surface area (Å²) >= 11 is 1.77. The Kier molecular flexibility index (Phi) is 2.83. The lowest BCUT2D eigenvalue weighted by Gasteiger charge is -2.13. The van der Waals surface area contributed by atoms with E-state index in [0.717, 1.165) is 5.57 Å². The number of fused-ring (bicyclic) bond motifs is 1. The van der Waals surface area contributed by atoms with Crippen molar-refractivity contribution in [1.29, 1.82) is 0 Å². The van der Waals surface area contributed by atoms with Crippen LogP contribution in [-0.4, -0.2) is 0 Å². The number of benzene rings is 1. The van der Waals surface area contributed by atoms with Crippen LogP contribution in [0.15, 0.2) is 52.8 Å². The highest BCUT2D eigenvalue weighted by molar-refractivity contribution is 8.02. The Bertz CT molecular complexity index is 464. The Morgan fingerprint density at radius 3 is 2.80 bits per heavy atom. The fourth-order valence-corrected chi connectivity index (χ4v) is 2.67. The Morgan fingerprint density at radius 1 is 1.20 bits per heavy atom. The summed E-state index contributed by atoms with van der Waals surface area (Å²) in [5.41, 5.74) is 4.92. The van der Waals surface area contributed by atoms with Gasteiger partial charge in [0.25, 0.3) is 0 Å². The molecular weight excluding hydrogens is 200 g/mol. The molecule has 0 N–H and O–H groups in total. The standard InChI is InChI=1S/C14H14S/c1-10-7-8-15-14-11(2)5-4-6-13(14)12(3)9-10/h4-9H,3H2,1-2H3/b8-7-,10-9-. The van der Waals surface area contributed by atoms with Crippen LogP contribution in [0.4, 0.5) is 0 Å². The van der Waals surface area contributed by atoms with Crippen molar-refractivity contribution in [3.8, 4) is 0 Å². The molecule has 0 fully saturated rings. The van der Waals surface area contributed by atoms with Gasteiger partial charge >= 0.3 is 0 Å². The molecule has 0 spiro atoms. The molecule has 0 saturated carbocycles. The van der Waals surface area contributed by atoms with Crippen LogP contribution >= 0.6 is 11.8 Å². The van der Waals surface area contributed by atoms with Crippen molar-refractivity contribution in [3.05, 3.63) is 59.0 Å². The molecule has 2 rings (SSSR count). The Morgan fingerprint density at radius 2 is 2.00 bits per heavy atom. The number of allylic oxidation sites excluding steroid dienone is 4. The Hall–Kier alpha value is -1.21. The molecule has 0 atom stereocenters. The smallest absolute Gasteiger partial charge is 0.0223 e. The quantitative estimate of drug-likeness (QED) is 0.609. The minimum absolute atomic E-state index is 1.10. The maximum Gasteiger partial charge on any atom is 0.0223 e. The molecule has 1 heteroatoms. The lowest BCUT2D eigenvalue weighted by molar-refractivity contribution is 1.28. The van der Waals surface area contributed by atoms with E-state index < -0.39 is 0 Å². The van der Waals surface area contributed by atoms with Crippen molar-refractivity contribution in [1.82, 2.24) is 0 Å². The maximum absolute atomic E-state index is 4.13.